The highest BCUT2D eigenvalue weighted by Gasteiger charge is 2.19. The SMILES string of the molecule is CC1CCN(Cc2ccc(F)cc2C(N)=S)C1. The lowest BCUT2D eigenvalue weighted by atomic mass is 10.1. The molecule has 1 atom stereocenters. The van der Waals surface area contributed by atoms with Gasteiger partial charge in [-0.2, -0.15) is 0 Å². The van der Waals surface area contributed by atoms with E-state index in [0.717, 1.165) is 31.1 Å². The molecule has 0 saturated carbocycles. The van der Waals surface area contributed by atoms with E-state index in [1.54, 1.807) is 6.07 Å². The number of hydrogen-bond donors (Lipinski definition) is 1. The summed E-state index contributed by atoms with van der Waals surface area (Å²) < 4.78 is 13.2. The number of likely N-dealkylation sites (tertiary alicyclic amines) is 1. The molecule has 4 heteroatoms. The van der Waals surface area contributed by atoms with E-state index in [1.165, 1.54) is 18.6 Å². The summed E-state index contributed by atoms with van der Waals surface area (Å²) in [5, 5.41) is 0. The van der Waals surface area contributed by atoms with Gasteiger partial charge in [-0.05, 0) is 36.6 Å². The van der Waals surface area contributed by atoms with Gasteiger partial charge in [-0.1, -0.05) is 25.2 Å². The Hall–Kier alpha value is -1.00. The van der Waals surface area contributed by atoms with Gasteiger partial charge in [0.15, 0.2) is 0 Å². The Morgan fingerprint density at radius 2 is 2.35 bits per heavy atom. The summed E-state index contributed by atoms with van der Waals surface area (Å²) in [6.07, 6.45) is 1.23. The van der Waals surface area contributed by atoms with Crippen molar-refractivity contribution >= 4 is 17.2 Å². The molecule has 0 aromatic heterocycles. The van der Waals surface area contributed by atoms with Crippen LogP contribution in [-0.4, -0.2) is 23.0 Å². The van der Waals surface area contributed by atoms with Gasteiger partial charge in [0.25, 0.3) is 0 Å². The van der Waals surface area contributed by atoms with Crippen LogP contribution in [0.25, 0.3) is 0 Å². The van der Waals surface area contributed by atoms with Gasteiger partial charge in [0.1, 0.15) is 10.8 Å². The predicted molar refractivity (Wildman–Crippen MR) is 71.3 cm³/mol. The third kappa shape index (κ3) is 3.01. The lowest BCUT2D eigenvalue weighted by molar-refractivity contribution is 0.320. The molecule has 2 N–H and O–H groups in total. The molecule has 1 heterocycles. The van der Waals surface area contributed by atoms with Crippen LogP contribution in [0.3, 0.4) is 0 Å². The number of benzene rings is 1. The molecule has 17 heavy (non-hydrogen) atoms. The van der Waals surface area contributed by atoms with E-state index in [9.17, 15) is 4.39 Å². The third-order valence-electron chi connectivity index (χ3n) is 3.24. The Kier molecular flexibility index (Phi) is 3.74. The minimum atomic E-state index is -0.286. The van der Waals surface area contributed by atoms with Crippen molar-refractivity contribution in [2.75, 3.05) is 13.1 Å². The highest BCUT2D eigenvalue weighted by Crippen LogP contribution is 2.20. The topological polar surface area (TPSA) is 29.3 Å². The minimum absolute atomic E-state index is 0.270. The molecule has 92 valence electrons. The summed E-state index contributed by atoms with van der Waals surface area (Å²) in [7, 11) is 0. The number of hydrogen-bond acceptors (Lipinski definition) is 2. The van der Waals surface area contributed by atoms with Gasteiger partial charge in [-0.15, -0.1) is 0 Å². The average Bonchev–Trinajstić information content (AvgIpc) is 2.66. The lowest BCUT2D eigenvalue weighted by Gasteiger charge is -2.17. The molecule has 0 spiro atoms. The van der Waals surface area contributed by atoms with Crippen molar-refractivity contribution in [1.82, 2.24) is 4.90 Å². The molecule has 0 bridgehead atoms. The predicted octanol–water partition coefficient (Wildman–Crippen LogP) is 2.30. The first-order valence-corrected chi connectivity index (χ1v) is 6.27. The van der Waals surface area contributed by atoms with Gasteiger partial charge in [-0.3, -0.25) is 4.90 Å². The van der Waals surface area contributed by atoms with E-state index < -0.39 is 0 Å². The molecule has 0 radical (unpaired) electrons. The second-order valence-corrected chi connectivity index (χ2v) is 5.23. The zero-order valence-corrected chi connectivity index (χ0v) is 10.8. The Labute approximate surface area is 107 Å². The minimum Gasteiger partial charge on any atom is -0.389 e. The largest absolute Gasteiger partial charge is 0.389 e. The summed E-state index contributed by atoms with van der Waals surface area (Å²) in [6, 6.07) is 4.68. The zero-order chi connectivity index (χ0) is 12.4. The van der Waals surface area contributed by atoms with Crippen molar-refractivity contribution in [3.63, 3.8) is 0 Å². The van der Waals surface area contributed by atoms with Crippen molar-refractivity contribution in [3.8, 4) is 0 Å². The van der Waals surface area contributed by atoms with Crippen LogP contribution in [0, 0.1) is 11.7 Å². The maximum absolute atomic E-state index is 13.2. The first kappa shape index (κ1) is 12.5. The fourth-order valence-corrected chi connectivity index (χ4v) is 2.52. The van der Waals surface area contributed by atoms with Crippen LogP contribution in [0.5, 0.6) is 0 Å². The van der Waals surface area contributed by atoms with Crippen molar-refractivity contribution in [2.24, 2.45) is 11.7 Å². The van der Waals surface area contributed by atoms with Crippen LogP contribution in [0.2, 0.25) is 0 Å². The molecule has 2 nitrogen and oxygen atoms in total. The Morgan fingerprint density at radius 1 is 1.59 bits per heavy atom. The third-order valence-corrected chi connectivity index (χ3v) is 3.46. The van der Waals surface area contributed by atoms with Gasteiger partial charge in [0, 0.05) is 18.7 Å². The maximum Gasteiger partial charge on any atom is 0.123 e. The van der Waals surface area contributed by atoms with Crippen LogP contribution in [0.4, 0.5) is 4.39 Å². The summed E-state index contributed by atoms with van der Waals surface area (Å²) in [6.45, 7) is 5.24. The summed E-state index contributed by atoms with van der Waals surface area (Å²) in [5.74, 6) is 0.454. The van der Waals surface area contributed by atoms with Crippen LogP contribution in [0.15, 0.2) is 18.2 Å². The van der Waals surface area contributed by atoms with Crippen molar-refractivity contribution in [1.29, 1.82) is 0 Å². The molecular formula is C13H17FN2S. The zero-order valence-electron chi connectivity index (χ0n) is 9.95. The molecule has 1 aromatic rings. The number of nitrogens with two attached hydrogens (primary N) is 1. The Bertz CT molecular complexity index is 433. The van der Waals surface area contributed by atoms with E-state index in [4.69, 9.17) is 18.0 Å². The molecular weight excluding hydrogens is 235 g/mol. The van der Waals surface area contributed by atoms with Gasteiger partial charge in [-0.25, -0.2) is 4.39 Å². The summed E-state index contributed by atoms with van der Waals surface area (Å²) >= 11 is 4.97. The first-order chi connectivity index (χ1) is 8.06. The highest BCUT2D eigenvalue weighted by atomic mass is 32.1. The number of rotatable bonds is 3. The van der Waals surface area contributed by atoms with Crippen LogP contribution >= 0.6 is 12.2 Å². The molecule has 1 saturated heterocycles. The molecule has 1 aliphatic heterocycles. The number of nitrogens with zero attached hydrogens (tertiary/aromatic N) is 1. The van der Waals surface area contributed by atoms with E-state index in [1.807, 2.05) is 0 Å². The standard InChI is InChI=1S/C13H17FN2S/c1-9-4-5-16(7-9)8-10-2-3-11(14)6-12(10)13(15)17/h2-3,6,9H,4-5,7-8H2,1H3,(H2,15,17). The van der Waals surface area contributed by atoms with Crippen LogP contribution in [-0.2, 0) is 6.54 Å². The van der Waals surface area contributed by atoms with Crippen molar-refractivity contribution < 1.29 is 4.39 Å². The van der Waals surface area contributed by atoms with Crippen LogP contribution in [0.1, 0.15) is 24.5 Å². The molecule has 1 aromatic carbocycles. The smallest absolute Gasteiger partial charge is 0.123 e. The van der Waals surface area contributed by atoms with Gasteiger partial charge < -0.3 is 5.73 Å². The van der Waals surface area contributed by atoms with Crippen molar-refractivity contribution in [3.05, 3.63) is 35.1 Å². The lowest BCUT2D eigenvalue weighted by Crippen LogP contribution is -2.22. The van der Waals surface area contributed by atoms with Gasteiger partial charge in [0.2, 0.25) is 0 Å². The summed E-state index contributed by atoms with van der Waals surface area (Å²) in [4.78, 5) is 2.63. The molecule has 2 rings (SSSR count). The number of thiocarbonyl (C=S) groups is 1. The van der Waals surface area contributed by atoms with E-state index >= 15 is 0 Å². The molecule has 1 aliphatic rings. The second kappa shape index (κ2) is 5.10. The molecule has 0 amide bonds. The number of halogens is 1. The molecule has 1 fully saturated rings. The summed E-state index contributed by atoms with van der Waals surface area (Å²) in [5.41, 5.74) is 7.32. The average molecular weight is 252 g/mol. The van der Waals surface area contributed by atoms with E-state index in [0.29, 0.717) is 5.56 Å². The first-order valence-electron chi connectivity index (χ1n) is 5.87. The maximum atomic E-state index is 13.2. The molecule has 1 unspecified atom stereocenters. The monoisotopic (exact) mass is 252 g/mol. The highest BCUT2D eigenvalue weighted by molar-refractivity contribution is 7.80. The quantitative estimate of drug-likeness (QED) is 0.837. The molecule has 0 aliphatic carbocycles. The Morgan fingerprint density at radius 3 is 2.94 bits per heavy atom. The van der Waals surface area contributed by atoms with Gasteiger partial charge >= 0.3 is 0 Å². The Balaban J connectivity index is 2.17. The fourth-order valence-electron chi connectivity index (χ4n) is 2.33. The van der Waals surface area contributed by atoms with Crippen molar-refractivity contribution in [2.45, 2.75) is 19.9 Å². The van der Waals surface area contributed by atoms with E-state index in [2.05, 4.69) is 11.8 Å². The van der Waals surface area contributed by atoms with Crippen LogP contribution < -0.4 is 5.73 Å². The van der Waals surface area contributed by atoms with E-state index in [-0.39, 0.29) is 10.8 Å². The second-order valence-electron chi connectivity index (χ2n) is 4.79. The normalized spacial score (nSPS) is 20.7. The fraction of sp³-hybridized carbons (Fsp3) is 0.462. The van der Waals surface area contributed by atoms with Gasteiger partial charge in [0.05, 0.1) is 0 Å².